The molecule has 1 aromatic heterocycles. The Morgan fingerprint density at radius 1 is 1.30 bits per heavy atom. The second kappa shape index (κ2) is 6.60. The molecule has 1 heterocycles. The number of methoxy groups -OCH3 is 1. The number of anilines is 1. The molecule has 0 unspecified atom stereocenters. The van der Waals surface area contributed by atoms with Crippen molar-refractivity contribution in [2.24, 2.45) is 0 Å². The van der Waals surface area contributed by atoms with Gasteiger partial charge in [-0.2, -0.15) is 10.5 Å². The highest BCUT2D eigenvalue weighted by molar-refractivity contribution is 8.00. The molecule has 1 aliphatic rings. The summed E-state index contributed by atoms with van der Waals surface area (Å²) in [6, 6.07) is 5.55. The molecule has 104 valence electrons. The highest BCUT2D eigenvalue weighted by Gasteiger charge is 2.27. The summed E-state index contributed by atoms with van der Waals surface area (Å²) in [6.07, 6.45) is 4.57. The van der Waals surface area contributed by atoms with Crippen molar-refractivity contribution in [2.75, 3.05) is 12.8 Å². The van der Waals surface area contributed by atoms with E-state index in [-0.39, 0.29) is 22.7 Å². The molecule has 5 nitrogen and oxygen atoms in total. The summed E-state index contributed by atoms with van der Waals surface area (Å²) < 4.78 is 5.51. The number of thioether (sulfide) groups is 1. The summed E-state index contributed by atoms with van der Waals surface area (Å²) in [4.78, 5) is 4.22. The van der Waals surface area contributed by atoms with E-state index in [1.165, 1.54) is 24.2 Å². The minimum atomic E-state index is 0.179. The Balaban J connectivity index is 2.27. The number of hydrogen-bond acceptors (Lipinski definition) is 6. The van der Waals surface area contributed by atoms with Gasteiger partial charge in [0.2, 0.25) is 0 Å². The maximum atomic E-state index is 9.20. The molecule has 1 aromatic rings. The number of aromatic nitrogens is 1. The first-order valence-electron chi connectivity index (χ1n) is 6.49. The molecule has 1 aliphatic carbocycles. The quantitative estimate of drug-likeness (QED) is 0.917. The molecule has 1 saturated carbocycles. The van der Waals surface area contributed by atoms with Crippen LogP contribution in [0.4, 0.5) is 5.82 Å². The van der Waals surface area contributed by atoms with Gasteiger partial charge in [-0.15, -0.1) is 0 Å². The van der Waals surface area contributed by atoms with E-state index in [9.17, 15) is 5.26 Å². The fourth-order valence-electron chi connectivity index (χ4n) is 2.38. The predicted molar refractivity (Wildman–Crippen MR) is 77.0 cm³/mol. The van der Waals surface area contributed by atoms with E-state index < -0.39 is 0 Å². The van der Waals surface area contributed by atoms with Crippen molar-refractivity contribution in [2.45, 2.75) is 42.1 Å². The Hall–Kier alpha value is -1.76. The fraction of sp³-hybridized carbons (Fsp3) is 0.500. The zero-order valence-electron chi connectivity index (χ0n) is 11.3. The molecule has 1 fully saturated rings. The first-order valence-corrected chi connectivity index (χ1v) is 7.37. The van der Waals surface area contributed by atoms with Crippen molar-refractivity contribution in [3.63, 3.8) is 0 Å². The molecule has 0 aliphatic heterocycles. The molecule has 0 saturated heterocycles. The van der Waals surface area contributed by atoms with Gasteiger partial charge < -0.3 is 10.5 Å². The van der Waals surface area contributed by atoms with Gasteiger partial charge in [-0.3, -0.25) is 0 Å². The summed E-state index contributed by atoms with van der Waals surface area (Å²) in [6.45, 7) is 0. The summed E-state index contributed by atoms with van der Waals surface area (Å²) in [5.74, 6) is 0.179. The van der Waals surface area contributed by atoms with E-state index >= 15 is 0 Å². The predicted octanol–water partition coefficient (Wildman–Crippen LogP) is 2.46. The number of pyridine rings is 1. The minimum absolute atomic E-state index is 0.179. The van der Waals surface area contributed by atoms with Crippen LogP contribution in [0.25, 0.3) is 0 Å². The normalized spacial score (nSPS) is 21.9. The van der Waals surface area contributed by atoms with Gasteiger partial charge in [0.05, 0.1) is 17.2 Å². The van der Waals surface area contributed by atoms with Crippen molar-refractivity contribution in [3.8, 4) is 12.1 Å². The SMILES string of the molecule is CO[C@H]1CCCC[C@H]1Sc1nc(N)c(C#N)cc1C#N. The third-order valence-corrected chi connectivity index (χ3v) is 4.84. The van der Waals surface area contributed by atoms with Crippen LogP contribution < -0.4 is 5.73 Å². The van der Waals surface area contributed by atoms with Crippen LogP contribution in [0.2, 0.25) is 0 Å². The van der Waals surface area contributed by atoms with Crippen molar-refractivity contribution in [3.05, 3.63) is 17.2 Å². The van der Waals surface area contributed by atoms with E-state index in [2.05, 4.69) is 11.1 Å². The van der Waals surface area contributed by atoms with Crippen molar-refractivity contribution < 1.29 is 4.74 Å². The lowest BCUT2D eigenvalue weighted by atomic mass is 9.97. The molecule has 0 radical (unpaired) electrons. The maximum Gasteiger partial charge on any atom is 0.142 e. The van der Waals surface area contributed by atoms with Crippen LogP contribution in [0.1, 0.15) is 36.8 Å². The zero-order chi connectivity index (χ0) is 14.5. The lowest BCUT2D eigenvalue weighted by molar-refractivity contribution is 0.0763. The Morgan fingerprint density at radius 2 is 2.00 bits per heavy atom. The standard InChI is InChI=1S/C14H16N4OS/c1-19-11-4-2-3-5-12(11)20-14-10(8-16)6-9(7-15)13(17)18-14/h6,11-12H,2-5H2,1H3,(H2,17,18)/t11-,12+/m0/s1. The van der Waals surface area contributed by atoms with Gasteiger partial charge in [-0.1, -0.05) is 24.6 Å². The molecule has 0 aromatic carbocycles. The van der Waals surface area contributed by atoms with Crippen LogP contribution in [0.5, 0.6) is 0 Å². The number of ether oxygens (including phenoxy) is 1. The van der Waals surface area contributed by atoms with Gasteiger partial charge in [-0.25, -0.2) is 4.98 Å². The Morgan fingerprint density at radius 3 is 2.65 bits per heavy atom. The smallest absolute Gasteiger partial charge is 0.142 e. The number of hydrogen-bond donors (Lipinski definition) is 1. The highest BCUT2D eigenvalue weighted by Crippen LogP contribution is 2.36. The topological polar surface area (TPSA) is 95.7 Å². The number of nitriles is 2. The van der Waals surface area contributed by atoms with E-state index in [0.717, 1.165) is 19.3 Å². The molecule has 6 heteroatoms. The lowest BCUT2D eigenvalue weighted by Crippen LogP contribution is -2.29. The summed E-state index contributed by atoms with van der Waals surface area (Å²) in [5.41, 5.74) is 6.39. The van der Waals surface area contributed by atoms with E-state index in [4.69, 9.17) is 15.7 Å². The molecule has 2 rings (SSSR count). The van der Waals surface area contributed by atoms with E-state index in [1.54, 1.807) is 7.11 Å². The molecule has 0 spiro atoms. The number of rotatable bonds is 3. The zero-order valence-corrected chi connectivity index (χ0v) is 12.1. The van der Waals surface area contributed by atoms with E-state index in [0.29, 0.717) is 10.6 Å². The average Bonchev–Trinajstić information content (AvgIpc) is 2.48. The largest absolute Gasteiger partial charge is 0.383 e. The van der Waals surface area contributed by atoms with Gasteiger partial charge in [0.15, 0.2) is 0 Å². The van der Waals surface area contributed by atoms with Crippen LogP contribution in [0.3, 0.4) is 0 Å². The van der Waals surface area contributed by atoms with Crippen LogP contribution in [-0.2, 0) is 4.74 Å². The average molecular weight is 288 g/mol. The summed E-state index contributed by atoms with van der Waals surface area (Å²) in [5, 5.41) is 19.0. The minimum Gasteiger partial charge on any atom is -0.383 e. The third-order valence-electron chi connectivity index (χ3n) is 3.47. The number of nitrogens with zero attached hydrogens (tertiary/aromatic N) is 3. The van der Waals surface area contributed by atoms with Crippen molar-refractivity contribution in [1.82, 2.24) is 4.98 Å². The Bertz CT molecular complexity index is 576. The first-order chi connectivity index (χ1) is 9.69. The van der Waals surface area contributed by atoms with Gasteiger partial charge >= 0.3 is 0 Å². The Labute approximate surface area is 122 Å². The van der Waals surface area contributed by atoms with Gasteiger partial charge in [0.25, 0.3) is 0 Å². The van der Waals surface area contributed by atoms with Crippen LogP contribution in [0.15, 0.2) is 11.1 Å². The van der Waals surface area contributed by atoms with E-state index in [1.807, 2.05) is 6.07 Å². The molecule has 2 atom stereocenters. The first kappa shape index (κ1) is 14.6. The number of nitrogens with two attached hydrogens (primary N) is 1. The Kier molecular flexibility index (Phi) is 4.84. The van der Waals surface area contributed by atoms with Gasteiger partial charge in [0, 0.05) is 12.4 Å². The monoisotopic (exact) mass is 288 g/mol. The molecule has 20 heavy (non-hydrogen) atoms. The maximum absolute atomic E-state index is 9.20. The molecule has 0 amide bonds. The van der Waals surface area contributed by atoms with Crippen LogP contribution in [0, 0.1) is 22.7 Å². The fourth-order valence-corrected chi connectivity index (χ4v) is 3.73. The molecule has 0 bridgehead atoms. The van der Waals surface area contributed by atoms with Crippen molar-refractivity contribution >= 4 is 17.6 Å². The summed E-state index contributed by atoms with van der Waals surface area (Å²) >= 11 is 1.53. The van der Waals surface area contributed by atoms with Gasteiger partial charge in [0.1, 0.15) is 23.0 Å². The number of nitrogen functional groups attached to an aromatic ring is 1. The van der Waals surface area contributed by atoms with Crippen LogP contribution in [-0.4, -0.2) is 23.4 Å². The molecule has 2 N–H and O–H groups in total. The lowest BCUT2D eigenvalue weighted by Gasteiger charge is -2.29. The molecular formula is C14H16N4OS. The van der Waals surface area contributed by atoms with Gasteiger partial charge in [-0.05, 0) is 18.9 Å². The van der Waals surface area contributed by atoms with Crippen LogP contribution >= 0.6 is 11.8 Å². The third kappa shape index (κ3) is 3.04. The highest BCUT2D eigenvalue weighted by atomic mass is 32.2. The summed E-state index contributed by atoms with van der Waals surface area (Å²) in [7, 11) is 1.72. The van der Waals surface area contributed by atoms with Crippen molar-refractivity contribution in [1.29, 1.82) is 10.5 Å². The molecular weight excluding hydrogens is 272 g/mol. The second-order valence-corrected chi connectivity index (χ2v) is 5.94. The second-order valence-electron chi connectivity index (χ2n) is 4.71.